The van der Waals surface area contributed by atoms with Crippen molar-refractivity contribution < 1.29 is 0 Å². The first-order valence-electron chi connectivity index (χ1n) is 8.67. The molecule has 0 saturated carbocycles. The van der Waals surface area contributed by atoms with Crippen molar-refractivity contribution in [1.82, 2.24) is 29.7 Å². The highest BCUT2D eigenvalue weighted by Crippen LogP contribution is 2.24. The van der Waals surface area contributed by atoms with E-state index in [9.17, 15) is 0 Å². The second-order valence-electron chi connectivity index (χ2n) is 6.64. The zero-order chi connectivity index (χ0) is 18.1. The molecule has 4 aromatic rings. The Hall–Kier alpha value is -3.22. The number of aromatic amines is 1. The molecule has 0 aliphatic carbocycles. The maximum Gasteiger partial charge on any atom is 0.161 e. The van der Waals surface area contributed by atoms with Crippen LogP contribution in [0.2, 0.25) is 0 Å². The van der Waals surface area contributed by atoms with Crippen LogP contribution >= 0.6 is 0 Å². The van der Waals surface area contributed by atoms with Gasteiger partial charge in [-0.25, -0.2) is 9.97 Å². The Bertz CT molecular complexity index is 1020. The molecular weight excluding hydrogens is 326 g/mol. The lowest BCUT2D eigenvalue weighted by molar-refractivity contribution is 0.655. The van der Waals surface area contributed by atoms with Crippen LogP contribution in [0.25, 0.3) is 11.2 Å². The summed E-state index contributed by atoms with van der Waals surface area (Å²) in [4.78, 5) is 13.5. The van der Waals surface area contributed by atoms with Gasteiger partial charge >= 0.3 is 0 Å². The summed E-state index contributed by atoms with van der Waals surface area (Å²) < 4.78 is 2.11. The third-order valence-electron chi connectivity index (χ3n) is 4.48. The van der Waals surface area contributed by atoms with E-state index in [0.29, 0.717) is 11.7 Å². The molecule has 0 aliphatic heterocycles. The molecule has 4 aromatic heterocycles. The maximum atomic E-state index is 4.75. The summed E-state index contributed by atoms with van der Waals surface area (Å²) in [6.45, 7) is 6.37. The van der Waals surface area contributed by atoms with Crippen LogP contribution in [0, 0.1) is 0 Å². The first kappa shape index (κ1) is 16.3. The van der Waals surface area contributed by atoms with Crippen LogP contribution in [0.3, 0.4) is 0 Å². The van der Waals surface area contributed by atoms with Gasteiger partial charge in [0.05, 0.1) is 12.2 Å². The SMILES string of the molecule is CC(C)c1cc(Nc2cnc3ccn([C@H](C)c4cccnc4)c3n2)n[nH]1. The molecule has 7 heteroatoms. The Kier molecular flexibility index (Phi) is 4.12. The summed E-state index contributed by atoms with van der Waals surface area (Å²) in [7, 11) is 0. The van der Waals surface area contributed by atoms with Gasteiger partial charge in [-0.2, -0.15) is 5.10 Å². The molecule has 0 aliphatic rings. The van der Waals surface area contributed by atoms with E-state index in [1.807, 2.05) is 30.6 Å². The van der Waals surface area contributed by atoms with E-state index in [2.05, 4.69) is 56.9 Å². The van der Waals surface area contributed by atoms with Crippen LogP contribution in [0.4, 0.5) is 11.6 Å². The summed E-state index contributed by atoms with van der Waals surface area (Å²) in [6.07, 6.45) is 7.40. The Morgan fingerprint density at radius 3 is 2.73 bits per heavy atom. The Labute approximate surface area is 151 Å². The van der Waals surface area contributed by atoms with Crippen molar-refractivity contribution in [2.24, 2.45) is 0 Å². The summed E-state index contributed by atoms with van der Waals surface area (Å²) in [5, 5.41) is 10.5. The van der Waals surface area contributed by atoms with Gasteiger partial charge in [-0.15, -0.1) is 0 Å². The maximum absolute atomic E-state index is 4.75. The molecule has 2 N–H and O–H groups in total. The van der Waals surface area contributed by atoms with Gasteiger partial charge in [0.1, 0.15) is 5.52 Å². The second kappa shape index (κ2) is 6.59. The zero-order valence-corrected chi connectivity index (χ0v) is 15.0. The molecule has 0 unspecified atom stereocenters. The minimum atomic E-state index is 0.115. The molecule has 0 bridgehead atoms. The first-order valence-corrected chi connectivity index (χ1v) is 8.67. The number of anilines is 2. The van der Waals surface area contributed by atoms with Crippen LogP contribution in [-0.4, -0.2) is 29.7 Å². The van der Waals surface area contributed by atoms with Gasteiger partial charge in [0.25, 0.3) is 0 Å². The number of pyridine rings is 1. The van der Waals surface area contributed by atoms with Gasteiger partial charge in [-0.1, -0.05) is 19.9 Å². The van der Waals surface area contributed by atoms with Crippen LogP contribution in [0.5, 0.6) is 0 Å². The molecule has 4 rings (SSSR count). The lowest BCUT2D eigenvalue weighted by atomic mass is 10.1. The Balaban J connectivity index is 1.66. The molecule has 7 nitrogen and oxygen atoms in total. The van der Waals surface area contributed by atoms with Crippen LogP contribution < -0.4 is 5.32 Å². The van der Waals surface area contributed by atoms with Crippen molar-refractivity contribution in [1.29, 1.82) is 0 Å². The molecule has 0 spiro atoms. The standard InChI is InChI=1S/C19H21N7/c1-12(2)16-9-17(25-24-16)22-18-11-21-15-6-8-26(19(15)23-18)13(3)14-5-4-7-20-10-14/h4-13H,1-3H3,(H2,22,23,24,25)/t13-/m1/s1. The zero-order valence-electron chi connectivity index (χ0n) is 15.0. The monoisotopic (exact) mass is 347 g/mol. The van der Waals surface area contributed by atoms with Gasteiger partial charge in [0.2, 0.25) is 0 Å². The summed E-state index contributed by atoms with van der Waals surface area (Å²) in [5.74, 6) is 1.79. The van der Waals surface area contributed by atoms with Crippen molar-refractivity contribution in [2.45, 2.75) is 32.7 Å². The van der Waals surface area contributed by atoms with Crippen molar-refractivity contribution in [3.8, 4) is 0 Å². The average molecular weight is 347 g/mol. The van der Waals surface area contributed by atoms with Crippen molar-refractivity contribution in [2.75, 3.05) is 5.32 Å². The Morgan fingerprint density at radius 2 is 2.00 bits per heavy atom. The van der Waals surface area contributed by atoms with Crippen LogP contribution in [0.15, 0.2) is 49.1 Å². The predicted molar refractivity (Wildman–Crippen MR) is 102 cm³/mol. The van der Waals surface area contributed by atoms with E-state index < -0.39 is 0 Å². The lowest BCUT2D eigenvalue weighted by Gasteiger charge is -2.14. The number of hydrogen-bond donors (Lipinski definition) is 2. The third-order valence-corrected chi connectivity index (χ3v) is 4.48. The topological polar surface area (TPSA) is 84.3 Å². The lowest BCUT2D eigenvalue weighted by Crippen LogP contribution is -2.07. The minimum Gasteiger partial charge on any atom is -0.324 e. The molecule has 4 heterocycles. The fraction of sp³-hybridized carbons (Fsp3) is 0.263. The van der Waals surface area contributed by atoms with Gasteiger partial charge in [0.15, 0.2) is 17.3 Å². The van der Waals surface area contributed by atoms with Crippen LogP contribution in [-0.2, 0) is 0 Å². The van der Waals surface area contributed by atoms with E-state index in [1.54, 1.807) is 12.4 Å². The fourth-order valence-corrected chi connectivity index (χ4v) is 2.90. The summed E-state index contributed by atoms with van der Waals surface area (Å²) >= 11 is 0. The fourth-order valence-electron chi connectivity index (χ4n) is 2.90. The molecule has 26 heavy (non-hydrogen) atoms. The largest absolute Gasteiger partial charge is 0.324 e. The van der Waals surface area contributed by atoms with Crippen molar-refractivity contribution in [3.05, 3.63) is 60.3 Å². The second-order valence-corrected chi connectivity index (χ2v) is 6.64. The molecule has 0 saturated heterocycles. The average Bonchev–Trinajstić information content (AvgIpc) is 3.29. The van der Waals surface area contributed by atoms with E-state index in [-0.39, 0.29) is 6.04 Å². The highest BCUT2D eigenvalue weighted by molar-refractivity contribution is 5.74. The van der Waals surface area contributed by atoms with Gasteiger partial charge in [-0.3, -0.25) is 10.1 Å². The molecular formula is C19H21N7. The minimum absolute atomic E-state index is 0.115. The number of nitrogens with zero attached hydrogens (tertiary/aromatic N) is 5. The number of H-pyrrole nitrogens is 1. The number of fused-ring (bicyclic) bond motifs is 1. The molecule has 0 aromatic carbocycles. The van der Waals surface area contributed by atoms with E-state index in [1.165, 1.54) is 0 Å². The van der Waals surface area contributed by atoms with Gasteiger partial charge < -0.3 is 9.88 Å². The number of rotatable bonds is 5. The van der Waals surface area contributed by atoms with E-state index in [0.717, 1.165) is 28.2 Å². The van der Waals surface area contributed by atoms with E-state index in [4.69, 9.17) is 4.98 Å². The normalized spacial score (nSPS) is 12.6. The smallest absolute Gasteiger partial charge is 0.161 e. The Morgan fingerprint density at radius 1 is 1.12 bits per heavy atom. The molecule has 0 fully saturated rings. The molecule has 1 atom stereocenters. The van der Waals surface area contributed by atoms with Gasteiger partial charge in [-0.05, 0) is 30.5 Å². The van der Waals surface area contributed by atoms with Crippen LogP contribution in [0.1, 0.15) is 44.0 Å². The molecule has 132 valence electrons. The summed E-state index contributed by atoms with van der Waals surface area (Å²) in [6, 6.07) is 8.10. The first-order chi connectivity index (χ1) is 12.6. The van der Waals surface area contributed by atoms with E-state index >= 15 is 0 Å². The number of aromatic nitrogens is 6. The molecule has 0 amide bonds. The number of hydrogen-bond acceptors (Lipinski definition) is 5. The highest BCUT2D eigenvalue weighted by atomic mass is 15.2. The molecule has 0 radical (unpaired) electrons. The van der Waals surface area contributed by atoms with Crippen molar-refractivity contribution in [3.63, 3.8) is 0 Å². The third kappa shape index (κ3) is 3.03. The quantitative estimate of drug-likeness (QED) is 0.569. The predicted octanol–water partition coefficient (Wildman–Crippen LogP) is 4.03. The highest BCUT2D eigenvalue weighted by Gasteiger charge is 2.13. The van der Waals surface area contributed by atoms with Gasteiger partial charge in [0, 0.05) is 30.4 Å². The number of nitrogens with one attached hydrogen (secondary N) is 2. The van der Waals surface area contributed by atoms with Crippen molar-refractivity contribution >= 4 is 22.8 Å². The summed E-state index contributed by atoms with van der Waals surface area (Å²) in [5.41, 5.74) is 3.89.